The summed E-state index contributed by atoms with van der Waals surface area (Å²) in [6.07, 6.45) is 10.7. The van der Waals surface area contributed by atoms with Gasteiger partial charge in [-0.25, -0.2) is 9.97 Å². The lowest BCUT2D eigenvalue weighted by Gasteiger charge is -2.22. The van der Waals surface area contributed by atoms with Crippen LogP contribution in [0.2, 0.25) is 0 Å². The molecule has 0 aliphatic heterocycles. The molecule has 0 bridgehead atoms. The van der Waals surface area contributed by atoms with Crippen LogP contribution < -0.4 is 5.32 Å². The summed E-state index contributed by atoms with van der Waals surface area (Å²) >= 11 is 0. The van der Waals surface area contributed by atoms with Gasteiger partial charge in [-0.3, -0.25) is 0 Å². The molecule has 0 aromatic carbocycles. The van der Waals surface area contributed by atoms with Crippen LogP contribution in [0.3, 0.4) is 0 Å². The molecule has 0 spiro atoms. The fourth-order valence-electron chi connectivity index (χ4n) is 2.52. The van der Waals surface area contributed by atoms with Crippen LogP contribution >= 0.6 is 0 Å². The van der Waals surface area contributed by atoms with Crippen molar-refractivity contribution in [3.63, 3.8) is 0 Å². The summed E-state index contributed by atoms with van der Waals surface area (Å²) in [4.78, 5) is 8.48. The summed E-state index contributed by atoms with van der Waals surface area (Å²) < 4.78 is 5.88. The second-order valence-corrected chi connectivity index (χ2v) is 5.20. The average molecular weight is 263 g/mol. The predicted octanol–water partition coefficient (Wildman–Crippen LogP) is 3.19. The standard InChI is InChI=1S/C15H25N3O/c1-2-6-13-11-15(18-12-17-13)16-9-10-19-14-7-4-3-5-8-14/h11-12,14H,2-10H2,1H3,(H,16,17,18). The quantitative estimate of drug-likeness (QED) is 0.767. The maximum Gasteiger partial charge on any atom is 0.129 e. The molecule has 0 unspecified atom stereocenters. The maximum atomic E-state index is 5.88. The first kappa shape index (κ1) is 14.3. The molecule has 0 saturated heterocycles. The van der Waals surface area contributed by atoms with E-state index in [4.69, 9.17) is 4.74 Å². The normalized spacial score (nSPS) is 16.5. The Balaban J connectivity index is 1.65. The topological polar surface area (TPSA) is 47.0 Å². The molecule has 1 aliphatic rings. The van der Waals surface area contributed by atoms with Crippen molar-refractivity contribution in [2.75, 3.05) is 18.5 Å². The van der Waals surface area contributed by atoms with Crippen LogP contribution in [0.25, 0.3) is 0 Å². The lowest BCUT2D eigenvalue weighted by atomic mass is 9.98. The smallest absolute Gasteiger partial charge is 0.129 e. The highest BCUT2D eigenvalue weighted by Crippen LogP contribution is 2.19. The molecule has 1 aromatic rings. The Bertz CT molecular complexity index is 364. The van der Waals surface area contributed by atoms with Crippen LogP contribution in [-0.2, 0) is 11.2 Å². The lowest BCUT2D eigenvalue weighted by molar-refractivity contribution is 0.0347. The van der Waals surface area contributed by atoms with E-state index < -0.39 is 0 Å². The third-order valence-corrected chi connectivity index (χ3v) is 3.54. The van der Waals surface area contributed by atoms with Crippen LogP contribution in [-0.4, -0.2) is 29.2 Å². The summed E-state index contributed by atoms with van der Waals surface area (Å²) in [6.45, 7) is 3.74. The third-order valence-electron chi connectivity index (χ3n) is 3.54. The molecule has 19 heavy (non-hydrogen) atoms. The molecule has 1 aromatic heterocycles. The van der Waals surface area contributed by atoms with Crippen LogP contribution in [0.1, 0.15) is 51.1 Å². The van der Waals surface area contributed by atoms with E-state index in [2.05, 4.69) is 22.2 Å². The number of hydrogen-bond donors (Lipinski definition) is 1. The molecule has 1 saturated carbocycles. The zero-order valence-corrected chi connectivity index (χ0v) is 11.9. The van der Waals surface area contributed by atoms with Crippen molar-refractivity contribution in [3.05, 3.63) is 18.1 Å². The van der Waals surface area contributed by atoms with E-state index in [0.29, 0.717) is 6.10 Å². The second-order valence-electron chi connectivity index (χ2n) is 5.20. The first-order chi connectivity index (χ1) is 9.38. The van der Waals surface area contributed by atoms with Gasteiger partial charge in [0.25, 0.3) is 0 Å². The Morgan fingerprint density at radius 1 is 1.26 bits per heavy atom. The number of aryl methyl sites for hydroxylation is 1. The largest absolute Gasteiger partial charge is 0.376 e. The Hall–Kier alpha value is -1.16. The molecule has 0 radical (unpaired) electrons. The molecule has 4 nitrogen and oxygen atoms in total. The highest BCUT2D eigenvalue weighted by atomic mass is 16.5. The maximum absolute atomic E-state index is 5.88. The van der Waals surface area contributed by atoms with Crippen molar-refractivity contribution in [2.24, 2.45) is 0 Å². The van der Waals surface area contributed by atoms with Crippen LogP contribution in [0, 0.1) is 0 Å². The first-order valence-electron chi connectivity index (χ1n) is 7.55. The Labute approximate surface area is 116 Å². The Morgan fingerprint density at radius 2 is 2.11 bits per heavy atom. The minimum Gasteiger partial charge on any atom is -0.376 e. The summed E-state index contributed by atoms with van der Waals surface area (Å²) in [5.41, 5.74) is 1.10. The van der Waals surface area contributed by atoms with Gasteiger partial charge in [0.05, 0.1) is 12.7 Å². The van der Waals surface area contributed by atoms with Crippen molar-refractivity contribution in [3.8, 4) is 0 Å². The van der Waals surface area contributed by atoms with Gasteiger partial charge in [0.1, 0.15) is 12.1 Å². The molecule has 0 amide bonds. The number of hydrogen-bond acceptors (Lipinski definition) is 4. The second kappa shape index (κ2) is 8.10. The predicted molar refractivity (Wildman–Crippen MR) is 77.3 cm³/mol. The van der Waals surface area contributed by atoms with Gasteiger partial charge in [0, 0.05) is 18.3 Å². The summed E-state index contributed by atoms with van der Waals surface area (Å²) in [5.74, 6) is 0.908. The molecular weight excluding hydrogens is 238 g/mol. The van der Waals surface area contributed by atoms with E-state index in [0.717, 1.165) is 37.5 Å². The van der Waals surface area contributed by atoms with Gasteiger partial charge >= 0.3 is 0 Å². The molecule has 1 fully saturated rings. The first-order valence-corrected chi connectivity index (χ1v) is 7.55. The number of rotatable bonds is 7. The number of anilines is 1. The molecule has 106 valence electrons. The minimum absolute atomic E-state index is 0.483. The molecule has 1 N–H and O–H groups in total. The third kappa shape index (κ3) is 5.15. The fraction of sp³-hybridized carbons (Fsp3) is 0.733. The van der Waals surface area contributed by atoms with Gasteiger partial charge in [-0.05, 0) is 19.3 Å². The van der Waals surface area contributed by atoms with Crippen molar-refractivity contribution >= 4 is 5.82 Å². The van der Waals surface area contributed by atoms with Gasteiger partial charge in [0.15, 0.2) is 0 Å². The minimum atomic E-state index is 0.483. The monoisotopic (exact) mass is 263 g/mol. The van der Waals surface area contributed by atoms with E-state index in [-0.39, 0.29) is 0 Å². The molecular formula is C15H25N3O. The Kier molecular flexibility index (Phi) is 6.08. The van der Waals surface area contributed by atoms with E-state index in [1.54, 1.807) is 6.33 Å². The highest BCUT2D eigenvalue weighted by molar-refractivity contribution is 5.34. The van der Waals surface area contributed by atoms with E-state index in [1.807, 2.05) is 6.07 Å². The van der Waals surface area contributed by atoms with Gasteiger partial charge in [-0.2, -0.15) is 0 Å². The van der Waals surface area contributed by atoms with Gasteiger partial charge in [0.2, 0.25) is 0 Å². The van der Waals surface area contributed by atoms with Crippen LogP contribution in [0.5, 0.6) is 0 Å². The fourth-order valence-corrected chi connectivity index (χ4v) is 2.52. The van der Waals surface area contributed by atoms with Gasteiger partial charge < -0.3 is 10.1 Å². The van der Waals surface area contributed by atoms with Crippen LogP contribution in [0.15, 0.2) is 12.4 Å². The Morgan fingerprint density at radius 3 is 2.89 bits per heavy atom. The van der Waals surface area contributed by atoms with Gasteiger partial charge in [-0.15, -0.1) is 0 Å². The summed E-state index contributed by atoms with van der Waals surface area (Å²) in [6, 6.07) is 2.03. The van der Waals surface area contributed by atoms with E-state index in [1.165, 1.54) is 32.1 Å². The molecule has 0 atom stereocenters. The average Bonchev–Trinajstić information content (AvgIpc) is 2.46. The summed E-state index contributed by atoms with van der Waals surface area (Å²) in [5, 5.41) is 3.31. The SMILES string of the molecule is CCCc1cc(NCCOC2CCCCC2)ncn1. The zero-order chi connectivity index (χ0) is 13.3. The molecule has 2 rings (SSSR count). The number of nitrogens with zero attached hydrogens (tertiary/aromatic N) is 2. The van der Waals surface area contributed by atoms with Gasteiger partial charge in [-0.1, -0.05) is 32.6 Å². The highest BCUT2D eigenvalue weighted by Gasteiger charge is 2.12. The van der Waals surface area contributed by atoms with E-state index in [9.17, 15) is 0 Å². The van der Waals surface area contributed by atoms with Crippen molar-refractivity contribution in [1.82, 2.24) is 9.97 Å². The van der Waals surface area contributed by atoms with E-state index >= 15 is 0 Å². The number of aromatic nitrogens is 2. The molecule has 1 aliphatic carbocycles. The summed E-state index contributed by atoms with van der Waals surface area (Å²) in [7, 11) is 0. The lowest BCUT2D eigenvalue weighted by Crippen LogP contribution is -2.20. The zero-order valence-electron chi connectivity index (χ0n) is 11.9. The van der Waals surface area contributed by atoms with Crippen LogP contribution in [0.4, 0.5) is 5.82 Å². The number of ether oxygens (including phenoxy) is 1. The van der Waals surface area contributed by atoms with Crippen molar-refractivity contribution in [1.29, 1.82) is 0 Å². The molecule has 1 heterocycles. The molecule has 4 heteroatoms. The van der Waals surface area contributed by atoms with Crippen molar-refractivity contribution < 1.29 is 4.74 Å². The number of nitrogens with one attached hydrogen (secondary N) is 1. The van der Waals surface area contributed by atoms with Crippen molar-refractivity contribution in [2.45, 2.75) is 58.0 Å².